The Bertz CT molecular complexity index is 907. The van der Waals surface area contributed by atoms with Gasteiger partial charge in [0.25, 0.3) is 0 Å². The van der Waals surface area contributed by atoms with E-state index in [1.165, 1.54) is 18.4 Å². The van der Waals surface area contributed by atoms with Gasteiger partial charge >= 0.3 is 0 Å². The van der Waals surface area contributed by atoms with Crippen LogP contribution in [-0.2, 0) is 6.42 Å². The summed E-state index contributed by atoms with van der Waals surface area (Å²) in [6.45, 7) is 2.91. The van der Waals surface area contributed by atoms with Gasteiger partial charge in [-0.15, -0.1) is 0 Å². The minimum absolute atomic E-state index is 0.768. The summed E-state index contributed by atoms with van der Waals surface area (Å²) < 4.78 is 5.45. The SMILES string of the molecule is COc1ccccc1CCNc1cc(N2CCCC2)nc(-c2ccccc2)n1. The maximum Gasteiger partial charge on any atom is 0.163 e. The number of nitrogens with one attached hydrogen (secondary N) is 1. The van der Waals surface area contributed by atoms with E-state index in [0.717, 1.165) is 54.8 Å². The summed E-state index contributed by atoms with van der Waals surface area (Å²) in [5.41, 5.74) is 2.23. The normalized spacial score (nSPS) is 13.5. The Hall–Kier alpha value is -3.08. The third-order valence-electron chi connectivity index (χ3n) is 5.07. The Balaban J connectivity index is 1.54. The summed E-state index contributed by atoms with van der Waals surface area (Å²) in [4.78, 5) is 11.9. The van der Waals surface area contributed by atoms with E-state index in [9.17, 15) is 0 Å². The smallest absolute Gasteiger partial charge is 0.163 e. The van der Waals surface area contributed by atoms with Crippen LogP contribution in [0.4, 0.5) is 11.6 Å². The van der Waals surface area contributed by atoms with E-state index in [1.54, 1.807) is 7.11 Å². The number of hydrogen-bond acceptors (Lipinski definition) is 5. The van der Waals surface area contributed by atoms with Crippen LogP contribution in [0.15, 0.2) is 60.7 Å². The van der Waals surface area contributed by atoms with E-state index in [0.29, 0.717) is 0 Å². The Kier molecular flexibility index (Phi) is 5.71. The first kappa shape index (κ1) is 18.3. The second kappa shape index (κ2) is 8.74. The molecule has 2 heterocycles. The predicted molar refractivity (Wildman–Crippen MR) is 114 cm³/mol. The van der Waals surface area contributed by atoms with E-state index in [4.69, 9.17) is 14.7 Å². The van der Waals surface area contributed by atoms with Crippen LogP contribution in [0.5, 0.6) is 5.75 Å². The second-order valence-corrected chi connectivity index (χ2v) is 6.98. The lowest BCUT2D eigenvalue weighted by atomic mass is 10.1. The first-order valence-electron chi connectivity index (χ1n) is 9.89. The number of aromatic nitrogens is 2. The molecule has 4 rings (SSSR count). The lowest BCUT2D eigenvalue weighted by Crippen LogP contribution is -2.20. The molecule has 0 atom stereocenters. The summed E-state index contributed by atoms with van der Waals surface area (Å²) in [6.07, 6.45) is 3.32. The molecule has 5 heteroatoms. The Morgan fingerprint density at radius 1 is 0.964 bits per heavy atom. The van der Waals surface area contributed by atoms with Gasteiger partial charge in [0, 0.05) is 31.3 Å². The van der Waals surface area contributed by atoms with Crippen molar-refractivity contribution in [1.29, 1.82) is 0 Å². The lowest BCUT2D eigenvalue weighted by Gasteiger charge is -2.18. The van der Waals surface area contributed by atoms with Crippen LogP contribution in [0.1, 0.15) is 18.4 Å². The molecule has 1 N–H and O–H groups in total. The highest BCUT2D eigenvalue weighted by atomic mass is 16.5. The molecule has 0 unspecified atom stereocenters. The van der Waals surface area contributed by atoms with Crippen LogP contribution >= 0.6 is 0 Å². The van der Waals surface area contributed by atoms with Gasteiger partial charge in [-0.1, -0.05) is 48.5 Å². The molecule has 1 aliphatic heterocycles. The minimum Gasteiger partial charge on any atom is -0.496 e. The van der Waals surface area contributed by atoms with E-state index < -0.39 is 0 Å². The quantitative estimate of drug-likeness (QED) is 0.664. The van der Waals surface area contributed by atoms with Crippen LogP contribution in [0.25, 0.3) is 11.4 Å². The maximum atomic E-state index is 5.45. The molecule has 3 aromatic rings. The average Bonchev–Trinajstić information content (AvgIpc) is 3.30. The molecule has 0 bridgehead atoms. The van der Waals surface area contributed by atoms with Crippen LogP contribution in [0.2, 0.25) is 0 Å². The van der Waals surface area contributed by atoms with Gasteiger partial charge in [0.05, 0.1) is 7.11 Å². The van der Waals surface area contributed by atoms with Crippen molar-refractivity contribution in [3.63, 3.8) is 0 Å². The first-order valence-corrected chi connectivity index (χ1v) is 9.89. The first-order chi connectivity index (χ1) is 13.8. The third kappa shape index (κ3) is 4.25. The van der Waals surface area contributed by atoms with E-state index >= 15 is 0 Å². The fourth-order valence-corrected chi connectivity index (χ4v) is 3.58. The molecule has 1 fully saturated rings. The summed E-state index contributed by atoms with van der Waals surface area (Å²) in [5, 5.41) is 3.49. The van der Waals surface area contributed by atoms with Crippen LogP contribution in [0, 0.1) is 0 Å². The fourth-order valence-electron chi connectivity index (χ4n) is 3.58. The molecule has 1 saturated heterocycles. The van der Waals surface area contributed by atoms with Crippen molar-refractivity contribution in [2.24, 2.45) is 0 Å². The van der Waals surface area contributed by atoms with Crippen molar-refractivity contribution in [1.82, 2.24) is 9.97 Å². The summed E-state index contributed by atoms with van der Waals surface area (Å²) >= 11 is 0. The monoisotopic (exact) mass is 374 g/mol. The van der Waals surface area contributed by atoms with Crippen molar-refractivity contribution >= 4 is 11.6 Å². The van der Waals surface area contributed by atoms with Gasteiger partial charge in [-0.3, -0.25) is 0 Å². The zero-order chi connectivity index (χ0) is 19.2. The number of hydrogen-bond donors (Lipinski definition) is 1. The molecule has 5 nitrogen and oxygen atoms in total. The van der Waals surface area contributed by atoms with Gasteiger partial charge in [-0.2, -0.15) is 0 Å². The highest BCUT2D eigenvalue weighted by Gasteiger charge is 2.16. The van der Waals surface area contributed by atoms with Gasteiger partial charge in [0.2, 0.25) is 0 Å². The summed E-state index contributed by atoms with van der Waals surface area (Å²) in [7, 11) is 1.71. The fraction of sp³-hybridized carbons (Fsp3) is 0.304. The molecule has 0 spiro atoms. The second-order valence-electron chi connectivity index (χ2n) is 6.98. The van der Waals surface area contributed by atoms with Gasteiger partial charge in [-0.05, 0) is 30.9 Å². The third-order valence-corrected chi connectivity index (χ3v) is 5.07. The molecular formula is C23H26N4O. The molecule has 2 aromatic carbocycles. The highest BCUT2D eigenvalue weighted by molar-refractivity contribution is 5.62. The number of benzene rings is 2. The van der Waals surface area contributed by atoms with Crippen molar-refractivity contribution in [2.75, 3.05) is 37.0 Å². The van der Waals surface area contributed by atoms with E-state index in [2.05, 4.69) is 34.5 Å². The Morgan fingerprint density at radius 2 is 1.71 bits per heavy atom. The number of ether oxygens (including phenoxy) is 1. The molecule has 0 amide bonds. The number of rotatable bonds is 7. The number of anilines is 2. The molecular weight excluding hydrogens is 348 g/mol. The topological polar surface area (TPSA) is 50.3 Å². The van der Waals surface area contributed by atoms with Crippen LogP contribution < -0.4 is 15.0 Å². The van der Waals surface area contributed by atoms with Crippen molar-refractivity contribution in [3.8, 4) is 17.1 Å². The standard InChI is InChI=1S/C23H26N4O/c1-28-20-12-6-5-9-18(20)13-14-24-21-17-22(27-15-7-8-16-27)26-23(25-21)19-10-3-2-4-11-19/h2-6,9-12,17H,7-8,13-16H2,1H3,(H,24,25,26). The molecule has 0 saturated carbocycles. The molecule has 28 heavy (non-hydrogen) atoms. The predicted octanol–water partition coefficient (Wildman–Crippen LogP) is 4.41. The molecule has 0 aliphatic carbocycles. The number of methoxy groups -OCH3 is 1. The molecule has 144 valence electrons. The average molecular weight is 374 g/mol. The zero-order valence-corrected chi connectivity index (χ0v) is 16.3. The van der Waals surface area contributed by atoms with E-state index in [1.807, 2.05) is 36.4 Å². The summed E-state index contributed by atoms with van der Waals surface area (Å²) in [5.74, 6) is 3.57. The Morgan fingerprint density at radius 3 is 2.50 bits per heavy atom. The van der Waals surface area contributed by atoms with Crippen molar-refractivity contribution in [3.05, 3.63) is 66.2 Å². The largest absolute Gasteiger partial charge is 0.496 e. The molecule has 1 aliphatic rings. The van der Waals surface area contributed by atoms with Crippen molar-refractivity contribution < 1.29 is 4.74 Å². The zero-order valence-electron chi connectivity index (χ0n) is 16.3. The Labute approximate surface area is 166 Å². The maximum absolute atomic E-state index is 5.45. The van der Waals surface area contributed by atoms with Gasteiger partial charge in [-0.25, -0.2) is 9.97 Å². The van der Waals surface area contributed by atoms with Gasteiger partial charge < -0.3 is 15.0 Å². The number of para-hydroxylation sites is 1. The van der Waals surface area contributed by atoms with E-state index in [-0.39, 0.29) is 0 Å². The minimum atomic E-state index is 0.768. The molecule has 0 radical (unpaired) electrons. The lowest BCUT2D eigenvalue weighted by molar-refractivity contribution is 0.410. The highest BCUT2D eigenvalue weighted by Crippen LogP contribution is 2.25. The van der Waals surface area contributed by atoms with Gasteiger partial charge in [0.15, 0.2) is 5.82 Å². The van der Waals surface area contributed by atoms with Crippen molar-refractivity contribution in [2.45, 2.75) is 19.3 Å². The number of nitrogens with zero attached hydrogens (tertiary/aromatic N) is 3. The van der Waals surface area contributed by atoms with Crippen LogP contribution in [0.3, 0.4) is 0 Å². The summed E-state index contributed by atoms with van der Waals surface area (Å²) in [6, 6.07) is 20.4. The van der Waals surface area contributed by atoms with Crippen LogP contribution in [-0.4, -0.2) is 36.7 Å². The molecule has 1 aromatic heterocycles. The van der Waals surface area contributed by atoms with Gasteiger partial charge in [0.1, 0.15) is 17.4 Å².